The maximum absolute atomic E-state index is 6.62. The molecule has 8 heteroatoms. The number of anilines is 1. The van der Waals surface area contributed by atoms with Crippen LogP contribution in [0.2, 0.25) is 20.1 Å². The largest absolute Gasteiger partial charge is 0.493 e. The van der Waals surface area contributed by atoms with E-state index in [0.29, 0.717) is 38.2 Å². The topological polar surface area (TPSA) is 30.5 Å². The predicted molar refractivity (Wildman–Crippen MR) is 144 cm³/mol. The minimum Gasteiger partial charge on any atom is -0.493 e. The molecule has 5 rings (SSSR count). The average molecular weight is 600 g/mol. The van der Waals surface area contributed by atoms with Crippen LogP contribution in [0.25, 0.3) is 0 Å². The molecule has 176 valence electrons. The van der Waals surface area contributed by atoms with Crippen LogP contribution in [0.15, 0.2) is 59.1 Å². The molecule has 1 heterocycles. The normalized spacial score (nSPS) is 20.5. The molecule has 0 radical (unpaired) electrons. The van der Waals surface area contributed by atoms with Gasteiger partial charge in [-0.2, -0.15) is 0 Å². The predicted octanol–water partition coefficient (Wildman–Crippen LogP) is 9.48. The average Bonchev–Trinajstić information content (AvgIpc) is 3.31. The first-order chi connectivity index (χ1) is 16.4. The molecular formula is C26H20BrCl4NO2. The lowest BCUT2D eigenvalue weighted by Gasteiger charge is -2.38. The molecule has 0 saturated carbocycles. The summed E-state index contributed by atoms with van der Waals surface area (Å²) in [7, 11) is 1.64. The number of allylic oxidation sites excluding steroid dienone is 2. The molecule has 3 atom stereocenters. The van der Waals surface area contributed by atoms with Crippen LogP contribution in [0.5, 0.6) is 11.5 Å². The van der Waals surface area contributed by atoms with Gasteiger partial charge in [-0.25, -0.2) is 0 Å². The molecule has 3 nitrogen and oxygen atoms in total. The van der Waals surface area contributed by atoms with E-state index in [-0.39, 0.29) is 17.9 Å². The van der Waals surface area contributed by atoms with E-state index in [2.05, 4.69) is 39.5 Å². The maximum Gasteiger partial charge on any atom is 0.175 e. The summed E-state index contributed by atoms with van der Waals surface area (Å²) in [6.07, 6.45) is 5.31. The highest BCUT2D eigenvalue weighted by Crippen LogP contribution is 2.55. The summed E-state index contributed by atoms with van der Waals surface area (Å²) < 4.78 is 12.6. The molecule has 2 aliphatic rings. The monoisotopic (exact) mass is 597 g/mol. The zero-order valence-electron chi connectivity index (χ0n) is 18.0. The third kappa shape index (κ3) is 4.40. The molecule has 3 aromatic rings. The Morgan fingerprint density at radius 1 is 1.03 bits per heavy atom. The van der Waals surface area contributed by atoms with Crippen LogP contribution in [0, 0.1) is 5.92 Å². The highest BCUT2D eigenvalue weighted by molar-refractivity contribution is 9.10. The quantitative estimate of drug-likeness (QED) is 0.234. The van der Waals surface area contributed by atoms with Crippen LogP contribution in [-0.2, 0) is 6.61 Å². The van der Waals surface area contributed by atoms with E-state index >= 15 is 0 Å². The van der Waals surface area contributed by atoms with E-state index < -0.39 is 0 Å². The number of methoxy groups -OCH3 is 1. The van der Waals surface area contributed by atoms with Gasteiger partial charge in [-0.1, -0.05) is 70.7 Å². The summed E-state index contributed by atoms with van der Waals surface area (Å²) in [6.45, 7) is 0.393. The van der Waals surface area contributed by atoms with Crippen LogP contribution in [-0.4, -0.2) is 7.11 Å². The highest BCUT2D eigenvalue weighted by Gasteiger charge is 2.41. The summed E-state index contributed by atoms with van der Waals surface area (Å²) in [6, 6.07) is 13.4. The van der Waals surface area contributed by atoms with Crippen LogP contribution in [0.4, 0.5) is 5.69 Å². The number of ether oxygens (including phenoxy) is 2. The summed E-state index contributed by atoms with van der Waals surface area (Å²) in [5, 5.41) is 5.91. The third-order valence-electron chi connectivity index (χ3n) is 6.39. The fourth-order valence-corrected chi connectivity index (χ4v) is 6.29. The number of halogens is 5. The van der Waals surface area contributed by atoms with Crippen molar-refractivity contribution in [3.05, 3.63) is 95.9 Å². The van der Waals surface area contributed by atoms with Crippen LogP contribution >= 0.6 is 62.3 Å². The molecule has 1 aliphatic heterocycles. The van der Waals surface area contributed by atoms with Gasteiger partial charge in [0.05, 0.1) is 38.4 Å². The number of benzene rings is 3. The van der Waals surface area contributed by atoms with Gasteiger partial charge in [0, 0.05) is 16.5 Å². The molecule has 0 aromatic heterocycles. The van der Waals surface area contributed by atoms with Crippen molar-refractivity contribution in [3.63, 3.8) is 0 Å². The van der Waals surface area contributed by atoms with Crippen molar-refractivity contribution in [2.45, 2.75) is 25.0 Å². The first-order valence-electron chi connectivity index (χ1n) is 10.7. The van der Waals surface area contributed by atoms with Gasteiger partial charge in [0.2, 0.25) is 0 Å². The van der Waals surface area contributed by atoms with Gasteiger partial charge in [-0.3, -0.25) is 0 Å². The summed E-state index contributed by atoms with van der Waals surface area (Å²) in [5.74, 6) is 1.67. The van der Waals surface area contributed by atoms with E-state index in [1.165, 1.54) is 0 Å². The van der Waals surface area contributed by atoms with E-state index in [0.717, 1.165) is 33.3 Å². The summed E-state index contributed by atoms with van der Waals surface area (Å²) in [5.41, 5.74) is 3.86. The lowest BCUT2D eigenvalue weighted by atomic mass is 9.77. The maximum atomic E-state index is 6.62. The number of hydrogen-bond acceptors (Lipinski definition) is 3. The second-order valence-corrected chi connectivity index (χ2v) is 10.9. The molecular weight excluding hydrogens is 580 g/mol. The zero-order valence-corrected chi connectivity index (χ0v) is 22.7. The fraction of sp³-hybridized carbons (Fsp3) is 0.231. The smallest absolute Gasteiger partial charge is 0.175 e. The Bertz CT molecular complexity index is 1280. The molecule has 0 fully saturated rings. The van der Waals surface area contributed by atoms with Crippen molar-refractivity contribution in [1.82, 2.24) is 0 Å². The third-order valence-corrected chi connectivity index (χ3v) is 8.33. The molecule has 0 saturated heterocycles. The van der Waals surface area contributed by atoms with Gasteiger partial charge in [-0.05, 0) is 69.7 Å². The minimum absolute atomic E-state index is 0.00208. The standard InChI is InChI=1S/C26H20BrCl4NO2/c1-33-21-10-14(9-18(27)26(21)34-12-13-5-7-15(28)8-6-13)24-17-4-2-3-16(17)22-23(31)19(29)11-20(30)25(22)32-24/h2-3,5-11,16-17,24,32H,4,12H2,1H3/t16-,17-,24-/m0/s1. The van der Waals surface area contributed by atoms with Crippen molar-refractivity contribution in [2.75, 3.05) is 12.4 Å². The number of rotatable bonds is 5. The summed E-state index contributed by atoms with van der Waals surface area (Å²) >= 11 is 29.2. The van der Waals surface area contributed by atoms with E-state index in [9.17, 15) is 0 Å². The Hall–Kier alpha value is -1.56. The number of fused-ring (bicyclic) bond motifs is 3. The lowest BCUT2D eigenvalue weighted by molar-refractivity contribution is 0.282. The van der Waals surface area contributed by atoms with E-state index in [4.69, 9.17) is 55.9 Å². The molecule has 0 amide bonds. The van der Waals surface area contributed by atoms with Crippen molar-refractivity contribution in [2.24, 2.45) is 5.92 Å². The minimum atomic E-state index is -0.00208. The summed E-state index contributed by atoms with van der Waals surface area (Å²) in [4.78, 5) is 0. The van der Waals surface area contributed by atoms with Crippen LogP contribution in [0.3, 0.4) is 0 Å². The Kier molecular flexibility index (Phi) is 6.98. The molecule has 0 unspecified atom stereocenters. The van der Waals surface area contributed by atoms with Crippen molar-refractivity contribution in [3.8, 4) is 11.5 Å². The molecule has 0 bridgehead atoms. The molecule has 1 aliphatic carbocycles. The van der Waals surface area contributed by atoms with Gasteiger partial charge < -0.3 is 14.8 Å². The van der Waals surface area contributed by atoms with Crippen LogP contribution in [0.1, 0.15) is 35.1 Å². The Labute approximate surface area is 227 Å². The Morgan fingerprint density at radius 2 is 1.79 bits per heavy atom. The van der Waals surface area contributed by atoms with Gasteiger partial charge in [0.1, 0.15) is 6.61 Å². The molecule has 34 heavy (non-hydrogen) atoms. The van der Waals surface area contributed by atoms with E-state index in [1.807, 2.05) is 30.3 Å². The second kappa shape index (κ2) is 9.83. The first-order valence-corrected chi connectivity index (χ1v) is 13.0. The second-order valence-electron chi connectivity index (χ2n) is 8.37. The first kappa shape index (κ1) is 24.1. The van der Waals surface area contributed by atoms with Crippen molar-refractivity contribution >= 4 is 68.0 Å². The van der Waals surface area contributed by atoms with E-state index in [1.54, 1.807) is 13.2 Å². The zero-order chi connectivity index (χ0) is 24.0. The van der Waals surface area contributed by atoms with Gasteiger partial charge in [0.15, 0.2) is 11.5 Å². The van der Waals surface area contributed by atoms with Crippen LogP contribution < -0.4 is 14.8 Å². The Morgan fingerprint density at radius 3 is 2.53 bits per heavy atom. The molecule has 0 spiro atoms. The number of hydrogen-bond donors (Lipinski definition) is 1. The molecule has 3 aromatic carbocycles. The van der Waals surface area contributed by atoms with Gasteiger partial charge >= 0.3 is 0 Å². The van der Waals surface area contributed by atoms with Gasteiger partial charge in [0.25, 0.3) is 0 Å². The van der Waals surface area contributed by atoms with Crippen molar-refractivity contribution < 1.29 is 9.47 Å². The lowest BCUT2D eigenvalue weighted by Crippen LogP contribution is -2.29. The van der Waals surface area contributed by atoms with Crippen molar-refractivity contribution in [1.29, 1.82) is 0 Å². The molecule has 1 N–H and O–H groups in total. The Balaban J connectivity index is 1.49. The number of nitrogens with one attached hydrogen (secondary N) is 1. The SMILES string of the molecule is COc1cc([C@@H]2Nc3c(Cl)cc(Cl)c(Cl)c3[C@H]3C=CC[C@@H]32)cc(Br)c1OCc1ccc(Cl)cc1. The van der Waals surface area contributed by atoms with Gasteiger partial charge in [-0.15, -0.1) is 0 Å². The fourth-order valence-electron chi connectivity index (χ4n) is 4.79. The highest BCUT2D eigenvalue weighted by atomic mass is 79.9.